The second-order valence-electron chi connectivity index (χ2n) is 8.61. The van der Waals surface area contributed by atoms with Gasteiger partial charge in [0.05, 0.1) is 18.7 Å². The highest BCUT2D eigenvalue weighted by Crippen LogP contribution is 2.28. The maximum atomic E-state index is 13.4. The number of amides is 2. The number of nitriles is 1. The lowest BCUT2D eigenvalue weighted by molar-refractivity contribution is -0.139. The number of carboxylic acid groups (broad SMARTS) is 1. The molecule has 37 heavy (non-hydrogen) atoms. The van der Waals surface area contributed by atoms with Crippen LogP contribution in [0.25, 0.3) is 10.9 Å². The molecule has 0 aliphatic carbocycles. The van der Waals surface area contributed by atoms with Crippen molar-refractivity contribution in [3.8, 4) is 17.7 Å². The zero-order valence-electron chi connectivity index (χ0n) is 19.7. The smallest absolute Gasteiger partial charge is 0.303 e. The van der Waals surface area contributed by atoms with E-state index >= 15 is 0 Å². The molecule has 1 aromatic carbocycles. The van der Waals surface area contributed by atoms with Gasteiger partial charge in [0.25, 0.3) is 0 Å². The summed E-state index contributed by atoms with van der Waals surface area (Å²) in [6.45, 7) is 0.413. The Bertz CT molecular complexity index is 1360. The van der Waals surface area contributed by atoms with E-state index in [1.807, 2.05) is 0 Å². The first-order valence-electron chi connectivity index (χ1n) is 11.7. The standard InChI is InChI=1S/C25H24N6O6/c26-12-17-2-1-9-31(17)25(35)21(29-22(32)6-8-24(33)34)10-15-13-27-20-5-4-18(11-19(15)20)37-23-7-3-16(30-36)14-28-23/h3-5,7,11,13-14,17,21,27H,1-2,6,8-10H2,(H,29,32)(H,33,34). The number of aromatic nitrogens is 2. The summed E-state index contributed by atoms with van der Waals surface area (Å²) in [5, 5.41) is 24.6. The number of nitroso groups, excluding NO2 is 1. The summed E-state index contributed by atoms with van der Waals surface area (Å²) in [7, 11) is 0. The number of carbonyl (C=O) groups is 3. The number of carboxylic acids is 1. The predicted molar refractivity (Wildman–Crippen MR) is 131 cm³/mol. The van der Waals surface area contributed by atoms with Crippen LogP contribution in [-0.4, -0.2) is 56.4 Å². The van der Waals surface area contributed by atoms with Gasteiger partial charge in [0.15, 0.2) is 0 Å². The molecule has 0 spiro atoms. The summed E-state index contributed by atoms with van der Waals surface area (Å²) in [4.78, 5) is 55.9. The van der Waals surface area contributed by atoms with Crippen LogP contribution in [0.2, 0.25) is 0 Å². The Hall–Kier alpha value is -4.79. The summed E-state index contributed by atoms with van der Waals surface area (Å²) in [6, 6.07) is 8.86. The largest absolute Gasteiger partial charge is 0.481 e. The van der Waals surface area contributed by atoms with Gasteiger partial charge in [0, 0.05) is 42.6 Å². The van der Waals surface area contributed by atoms with E-state index in [0.717, 1.165) is 16.5 Å². The van der Waals surface area contributed by atoms with Gasteiger partial charge in [-0.1, -0.05) is 0 Å². The van der Waals surface area contributed by atoms with Gasteiger partial charge in [-0.05, 0) is 47.8 Å². The lowest BCUT2D eigenvalue weighted by Gasteiger charge is -2.26. The van der Waals surface area contributed by atoms with E-state index in [-0.39, 0.29) is 36.7 Å². The molecule has 2 unspecified atom stereocenters. The number of pyridine rings is 1. The molecule has 2 amide bonds. The molecule has 12 heteroatoms. The van der Waals surface area contributed by atoms with Gasteiger partial charge < -0.3 is 25.0 Å². The number of rotatable bonds is 10. The van der Waals surface area contributed by atoms with Crippen molar-refractivity contribution in [2.75, 3.05) is 6.54 Å². The van der Waals surface area contributed by atoms with E-state index in [2.05, 4.69) is 26.5 Å². The van der Waals surface area contributed by atoms with Crippen molar-refractivity contribution < 1.29 is 24.2 Å². The first-order chi connectivity index (χ1) is 17.9. The molecule has 3 N–H and O–H groups in total. The zero-order valence-corrected chi connectivity index (χ0v) is 19.7. The van der Waals surface area contributed by atoms with Gasteiger partial charge >= 0.3 is 5.97 Å². The number of carbonyl (C=O) groups excluding carboxylic acids is 2. The fraction of sp³-hybridized carbons (Fsp3) is 0.320. The topological polar surface area (TPSA) is 178 Å². The molecule has 4 rings (SSSR count). The van der Waals surface area contributed by atoms with Crippen molar-refractivity contribution in [2.45, 2.75) is 44.2 Å². The highest BCUT2D eigenvalue weighted by molar-refractivity contribution is 5.91. The number of ether oxygens (including phenoxy) is 1. The third-order valence-electron chi connectivity index (χ3n) is 6.10. The summed E-state index contributed by atoms with van der Waals surface area (Å²) < 4.78 is 5.79. The van der Waals surface area contributed by atoms with Crippen LogP contribution < -0.4 is 10.1 Å². The van der Waals surface area contributed by atoms with Crippen LogP contribution in [-0.2, 0) is 20.8 Å². The number of hydrogen-bond acceptors (Lipinski definition) is 8. The SMILES string of the molecule is N#CC1CCCN1C(=O)C(Cc1c[nH]c2ccc(Oc3ccc(N=O)cn3)cc12)NC(=O)CCC(=O)O. The molecule has 0 bridgehead atoms. The fourth-order valence-corrected chi connectivity index (χ4v) is 4.27. The second-order valence-corrected chi connectivity index (χ2v) is 8.61. The van der Waals surface area contributed by atoms with E-state index in [4.69, 9.17) is 9.84 Å². The molecule has 0 radical (unpaired) electrons. The quantitative estimate of drug-likeness (QED) is 0.352. The summed E-state index contributed by atoms with van der Waals surface area (Å²) in [5.74, 6) is -1.33. The number of likely N-dealkylation sites (tertiary alicyclic amines) is 1. The van der Waals surface area contributed by atoms with Gasteiger partial charge in [0.2, 0.25) is 17.7 Å². The van der Waals surface area contributed by atoms with Crippen molar-refractivity contribution in [3.63, 3.8) is 0 Å². The van der Waals surface area contributed by atoms with Gasteiger partial charge in [-0.2, -0.15) is 5.26 Å². The minimum absolute atomic E-state index is 0.119. The van der Waals surface area contributed by atoms with Crippen molar-refractivity contribution in [1.29, 1.82) is 5.26 Å². The third kappa shape index (κ3) is 6.07. The fourth-order valence-electron chi connectivity index (χ4n) is 4.27. The maximum Gasteiger partial charge on any atom is 0.303 e. The Labute approximate surface area is 211 Å². The molecule has 2 aromatic heterocycles. The molecular weight excluding hydrogens is 480 g/mol. The van der Waals surface area contributed by atoms with Crippen molar-refractivity contribution >= 4 is 34.4 Å². The van der Waals surface area contributed by atoms with Gasteiger partial charge in [0.1, 0.15) is 23.5 Å². The lowest BCUT2D eigenvalue weighted by Crippen LogP contribution is -2.50. The monoisotopic (exact) mass is 504 g/mol. The Morgan fingerprint density at radius 1 is 1.30 bits per heavy atom. The first-order valence-corrected chi connectivity index (χ1v) is 11.7. The molecule has 3 heterocycles. The second kappa shape index (κ2) is 11.3. The van der Waals surface area contributed by atoms with Gasteiger partial charge in [-0.25, -0.2) is 4.98 Å². The number of hydrogen-bond donors (Lipinski definition) is 3. The van der Waals surface area contributed by atoms with Crippen LogP contribution in [0.15, 0.2) is 47.9 Å². The molecule has 1 saturated heterocycles. The van der Waals surface area contributed by atoms with Crippen molar-refractivity contribution in [3.05, 3.63) is 53.2 Å². The minimum Gasteiger partial charge on any atom is -0.481 e. The lowest BCUT2D eigenvalue weighted by atomic mass is 10.0. The molecule has 0 saturated carbocycles. The average Bonchev–Trinajstić information content (AvgIpc) is 3.54. The Kier molecular flexibility index (Phi) is 7.73. The number of benzene rings is 1. The van der Waals surface area contributed by atoms with Crippen molar-refractivity contribution in [1.82, 2.24) is 20.2 Å². The highest BCUT2D eigenvalue weighted by Gasteiger charge is 2.34. The molecule has 1 aliphatic rings. The minimum atomic E-state index is -1.11. The van der Waals surface area contributed by atoms with Crippen molar-refractivity contribution in [2.24, 2.45) is 5.18 Å². The van der Waals surface area contributed by atoms with Crippen LogP contribution in [0.3, 0.4) is 0 Å². The third-order valence-corrected chi connectivity index (χ3v) is 6.10. The van der Waals surface area contributed by atoms with Crippen LogP contribution in [0.4, 0.5) is 5.69 Å². The number of H-pyrrole nitrogens is 1. The molecular formula is C25H24N6O6. The van der Waals surface area contributed by atoms with E-state index in [9.17, 15) is 24.6 Å². The number of nitrogens with zero attached hydrogens (tertiary/aromatic N) is 4. The summed E-state index contributed by atoms with van der Waals surface area (Å²) in [6.07, 6.45) is 3.77. The van der Waals surface area contributed by atoms with E-state index in [1.54, 1.807) is 24.4 Å². The van der Waals surface area contributed by atoms with Crippen LogP contribution in [0, 0.1) is 16.2 Å². The predicted octanol–water partition coefficient (Wildman–Crippen LogP) is 3.16. The normalized spacial score (nSPS) is 15.6. The number of aliphatic carboxylic acids is 1. The Morgan fingerprint density at radius 2 is 2.14 bits per heavy atom. The molecule has 1 fully saturated rings. The van der Waals surface area contributed by atoms with Crippen LogP contribution in [0.5, 0.6) is 11.6 Å². The van der Waals surface area contributed by atoms with Crippen LogP contribution in [0.1, 0.15) is 31.2 Å². The molecule has 3 aromatic rings. The molecule has 1 aliphatic heterocycles. The number of nitrogens with one attached hydrogen (secondary N) is 2. The van der Waals surface area contributed by atoms with E-state index in [0.29, 0.717) is 25.1 Å². The van der Waals surface area contributed by atoms with Gasteiger partial charge in [-0.3, -0.25) is 14.4 Å². The Morgan fingerprint density at radius 3 is 2.84 bits per heavy atom. The molecule has 2 atom stereocenters. The molecule has 12 nitrogen and oxygen atoms in total. The van der Waals surface area contributed by atoms with E-state index in [1.165, 1.54) is 23.2 Å². The Balaban J connectivity index is 1.57. The first kappa shape index (κ1) is 25.3. The number of fused-ring (bicyclic) bond motifs is 1. The molecule has 190 valence electrons. The summed E-state index contributed by atoms with van der Waals surface area (Å²) in [5.41, 5.74) is 1.67. The average molecular weight is 505 g/mol. The van der Waals surface area contributed by atoms with E-state index < -0.39 is 24.0 Å². The number of aromatic amines is 1. The van der Waals surface area contributed by atoms with Crippen LogP contribution >= 0.6 is 0 Å². The zero-order chi connectivity index (χ0) is 26.4. The van der Waals surface area contributed by atoms with Gasteiger partial charge in [-0.15, -0.1) is 4.91 Å². The highest BCUT2D eigenvalue weighted by atomic mass is 16.5. The maximum absolute atomic E-state index is 13.4. The summed E-state index contributed by atoms with van der Waals surface area (Å²) >= 11 is 0.